The smallest absolute Gasteiger partial charge is 0.135 e. The SMILES string of the molecule is CCn1ccnc1CN1CCN(c2ncnc3c2CCC3)CC1. The highest BCUT2D eigenvalue weighted by molar-refractivity contribution is 5.50. The fourth-order valence-electron chi connectivity index (χ4n) is 3.71. The minimum atomic E-state index is 0.941. The second-order valence-corrected chi connectivity index (χ2v) is 6.37. The summed E-state index contributed by atoms with van der Waals surface area (Å²) in [7, 11) is 0. The predicted octanol–water partition coefficient (Wildman–Crippen LogP) is 1.50. The van der Waals surface area contributed by atoms with E-state index in [2.05, 4.69) is 42.4 Å². The molecule has 1 aliphatic heterocycles. The van der Waals surface area contributed by atoms with E-state index in [0.717, 1.165) is 52.1 Å². The van der Waals surface area contributed by atoms with Gasteiger partial charge >= 0.3 is 0 Å². The molecule has 0 spiro atoms. The molecule has 2 aliphatic rings. The minimum Gasteiger partial charge on any atom is -0.354 e. The van der Waals surface area contributed by atoms with E-state index in [0.29, 0.717) is 0 Å². The number of rotatable bonds is 4. The summed E-state index contributed by atoms with van der Waals surface area (Å²) in [6, 6.07) is 0. The summed E-state index contributed by atoms with van der Waals surface area (Å²) in [6.45, 7) is 8.30. The van der Waals surface area contributed by atoms with Crippen LogP contribution in [0.1, 0.15) is 30.4 Å². The summed E-state index contributed by atoms with van der Waals surface area (Å²) in [5, 5.41) is 0. The number of hydrogen-bond acceptors (Lipinski definition) is 5. The molecule has 0 aromatic carbocycles. The van der Waals surface area contributed by atoms with E-state index >= 15 is 0 Å². The van der Waals surface area contributed by atoms with Gasteiger partial charge in [0.05, 0.1) is 6.54 Å². The predicted molar refractivity (Wildman–Crippen MR) is 89.4 cm³/mol. The summed E-state index contributed by atoms with van der Waals surface area (Å²) in [6.07, 6.45) is 9.18. The van der Waals surface area contributed by atoms with E-state index in [1.165, 1.54) is 29.3 Å². The highest BCUT2D eigenvalue weighted by Crippen LogP contribution is 2.28. The van der Waals surface area contributed by atoms with E-state index in [9.17, 15) is 0 Å². The van der Waals surface area contributed by atoms with Gasteiger partial charge in [-0.25, -0.2) is 15.0 Å². The van der Waals surface area contributed by atoms with Crippen molar-refractivity contribution in [1.29, 1.82) is 0 Å². The molecule has 0 unspecified atom stereocenters. The molecular weight excluding hydrogens is 288 g/mol. The normalized spacial score (nSPS) is 18.4. The standard InChI is InChI=1S/C17H24N6/c1-2-22-7-6-18-16(22)12-21-8-10-23(11-9-21)17-14-4-3-5-15(14)19-13-20-17/h6-7,13H,2-5,8-12H2,1H3. The topological polar surface area (TPSA) is 50.1 Å². The molecule has 1 aliphatic carbocycles. The van der Waals surface area contributed by atoms with Gasteiger partial charge in [-0.3, -0.25) is 4.90 Å². The Bertz CT molecular complexity index is 671. The molecule has 0 saturated carbocycles. The van der Waals surface area contributed by atoms with Gasteiger partial charge in [0.2, 0.25) is 0 Å². The second-order valence-electron chi connectivity index (χ2n) is 6.37. The van der Waals surface area contributed by atoms with Crippen LogP contribution in [0.3, 0.4) is 0 Å². The van der Waals surface area contributed by atoms with Crippen molar-refractivity contribution in [3.05, 3.63) is 35.8 Å². The first-order valence-electron chi connectivity index (χ1n) is 8.65. The van der Waals surface area contributed by atoms with Crippen LogP contribution in [-0.4, -0.2) is 50.6 Å². The van der Waals surface area contributed by atoms with Crippen LogP contribution in [0.15, 0.2) is 18.7 Å². The van der Waals surface area contributed by atoms with Gasteiger partial charge in [0.15, 0.2) is 0 Å². The number of piperazine rings is 1. The van der Waals surface area contributed by atoms with E-state index in [4.69, 9.17) is 0 Å². The lowest BCUT2D eigenvalue weighted by Crippen LogP contribution is -2.46. The van der Waals surface area contributed by atoms with Crippen molar-refractivity contribution >= 4 is 5.82 Å². The number of aromatic nitrogens is 4. The number of imidazole rings is 1. The van der Waals surface area contributed by atoms with Crippen LogP contribution in [-0.2, 0) is 25.9 Å². The third-order valence-corrected chi connectivity index (χ3v) is 5.03. The van der Waals surface area contributed by atoms with Crippen molar-refractivity contribution in [2.45, 2.75) is 39.3 Å². The molecule has 0 atom stereocenters. The van der Waals surface area contributed by atoms with Gasteiger partial charge in [0.1, 0.15) is 18.0 Å². The van der Waals surface area contributed by atoms with Crippen molar-refractivity contribution in [3.63, 3.8) is 0 Å². The quantitative estimate of drug-likeness (QED) is 0.856. The lowest BCUT2D eigenvalue weighted by molar-refractivity contribution is 0.240. The molecule has 1 fully saturated rings. The Morgan fingerprint density at radius 2 is 1.91 bits per heavy atom. The number of nitrogens with zero attached hydrogens (tertiary/aromatic N) is 6. The van der Waals surface area contributed by atoms with Gasteiger partial charge in [-0.1, -0.05) is 0 Å². The van der Waals surface area contributed by atoms with Gasteiger partial charge in [0.25, 0.3) is 0 Å². The Morgan fingerprint density at radius 3 is 2.74 bits per heavy atom. The zero-order valence-corrected chi connectivity index (χ0v) is 13.8. The van der Waals surface area contributed by atoms with Crippen LogP contribution in [0, 0.1) is 0 Å². The third-order valence-electron chi connectivity index (χ3n) is 5.03. The maximum Gasteiger partial charge on any atom is 0.135 e. The summed E-state index contributed by atoms with van der Waals surface area (Å²) in [5.41, 5.74) is 2.66. The molecule has 3 heterocycles. The van der Waals surface area contributed by atoms with Crippen LogP contribution >= 0.6 is 0 Å². The molecule has 0 bridgehead atoms. The molecule has 2 aromatic rings. The highest BCUT2D eigenvalue weighted by Gasteiger charge is 2.24. The molecule has 23 heavy (non-hydrogen) atoms. The van der Waals surface area contributed by atoms with Crippen molar-refractivity contribution in [2.24, 2.45) is 0 Å². The number of fused-ring (bicyclic) bond motifs is 1. The Hall–Kier alpha value is -1.95. The first kappa shape index (κ1) is 14.6. The highest BCUT2D eigenvalue weighted by atomic mass is 15.3. The van der Waals surface area contributed by atoms with Crippen molar-refractivity contribution in [2.75, 3.05) is 31.1 Å². The van der Waals surface area contributed by atoms with Crippen LogP contribution in [0.5, 0.6) is 0 Å². The monoisotopic (exact) mass is 312 g/mol. The lowest BCUT2D eigenvalue weighted by atomic mass is 10.2. The van der Waals surface area contributed by atoms with Crippen LogP contribution in [0.2, 0.25) is 0 Å². The maximum atomic E-state index is 4.58. The number of anilines is 1. The molecule has 1 saturated heterocycles. The lowest BCUT2D eigenvalue weighted by Gasteiger charge is -2.36. The summed E-state index contributed by atoms with van der Waals surface area (Å²) >= 11 is 0. The first-order valence-corrected chi connectivity index (χ1v) is 8.65. The number of hydrogen-bond donors (Lipinski definition) is 0. The Balaban J connectivity index is 1.41. The summed E-state index contributed by atoms with van der Waals surface area (Å²) < 4.78 is 2.23. The van der Waals surface area contributed by atoms with Crippen LogP contribution in [0.25, 0.3) is 0 Å². The van der Waals surface area contributed by atoms with Crippen molar-refractivity contribution < 1.29 is 0 Å². The fraction of sp³-hybridized carbons (Fsp3) is 0.588. The van der Waals surface area contributed by atoms with Gasteiger partial charge in [-0.2, -0.15) is 0 Å². The number of aryl methyl sites for hydroxylation is 2. The summed E-state index contributed by atoms with van der Waals surface area (Å²) in [4.78, 5) is 18.4. The zero-order valence-electron chi connectivity index (χ0n) is 13.8. The Labute approximate surface area is 137 Å². The molecule has 122 valence electrons. The van der Waals surface area contributed by atoms with E-state index in [1.807, 2.05) is 6.20 Å². The summed E-state index contributed by atoms with van der Waals surface area (Å²) in [5.74, 6) is 2.35. The molecule has 6 heteroatoms. The Morgan fingerprint density at radius 1 is 1.04 bits per heavy atom. The van der Waals surface area contributed by atoms with Crippen LogP contribution < -0.4 is 4.90 Å². The average Bonchev–Trinajstić information content (AvgIpc) is 3.24. The molecule has 0 radical (unpaired) electrons. The first-order chi connectivity index (χ1) is 11.3. The van der Waals surface area contributed by atoms with Crippen LogP contribution in [0.4, 0.5) is 5.82 Å². The van der Waals surface area contributed by atoms with Crippen molar-refractivity contribution in [1.82, 2.24) is 24.4 Å². The third kappa shape index (κ3) is 2.83. The molecule has 4 rings (SSSR count). The van der Waals surface area contributed by atoms with Gasteiger partial charge in [-0.05, 0) is 26.2 Å². The molecule has 6 nitrogen and oxygen atoms in total. The maximum absolute atomic E-state index is 4.58. The minimum absolute atomic E-state index is 0.941. The van der Waals surface area contributed by atoms with E-state index in [-0.39, 0.29) is 0 Å². The molecule has 0 N–H and O–H groups in total. The Kier molecular flexibility index (Phi) is 3.99. The largest absolute Gasteiger partial charge is 0.354 e. The molecular formula is C17H24N6. The average molecular weight is 312 g/mol. The van der Waals surface area contributed by atoms with Gasteiger partial charge in [0, 0.05) is 56.4 Å². The second kappa shape index (κ2) is 6.28. The van der Waals surface area contributed by atoms with Crippen molar-refractivity contribution in [3.8, 4) is 0 Å². The fourth-order valence-corrected chi connectivity index (χ4v) is 3.71. The molecule has 2 aromatic heterocycles. The molecule has 0 amide bonds. The van der Waals surface area contributed by atoms with E-state index in [1.54, 1.807) is 6.33 Å². The zero-order chi connectivity index (χ0) is 15.6. The van der Waals surface area contributed by atoms with E-state index < -0.39 is 0 Å². The van der Waals surface area contributed by atoms with Gasteiger partial charge in [-0.15, -0.1) is 0 Å². The van der Waals surface area contributed by atoms with Gasteiger partial charge < -0.3 is 9.47 Å².